The lowest BCUT2D eigenvalue weighted by Gasteiger charge is -2.16. The molecular weight excluding hydrogens is 212 g/mol. The van der Waals surface area contributed by atoms with Crippen LogP contribution in [0.1, 0.15) is 18.4 Å². The molecule has 0 spiro atoms. The Balaban J connectivity index is 2.20. The van der Waals surface area contributed by atoms with Gasteiger partial charge in [0, 0.05) is 13.0 Å². The molecule has 0 aliphatic rings. The lowest BCUT2D eigenvalue weighted by Crippen LogP contribution is -2.25. The summed E-state index contributed by atoms with van der Waals surface area (Å²) in [6, 6.07) is 10.2. The van der Waals surface area contributed by atoms with E-state index in [0.717, 1.165) is 25.3 Å². The fraction of sp³-hybridized carbons (Fsp3) is 0.500. The van der Waals surface area contributed by atoms with Crippen LogP contribution < -0.4 is 4.74 Å². The van der Waals surface area contributed by atoms with Gasteiger partial charge in [-0.05, 0) is 38.6 Å². The number of unbranched alkanes of at least 4 members (excludes halogenated alkanes) is 1. The predicted octanol–water partition coefficient (Wildman–Crippen LogP) is 2.61. The van der Waals surface area contributed by atoms with E-state index >= 15 is 0 Å². The lowest BCUT2D eigenvalue weighted by atomic mass is 10.2. The van der Waals surface area contributed by atoms with Crippen LogP contribution in [0.5, 0.6) is 5.75 Å². The number of likely N-dealkylation sites (N-methyl/N-ethyl adjacent to an activating group) is 1. The van der Waals surface area contributed by atoms with Crippen LogP contribution in [0.25, 0.3) is 0 Å². The maximum atomic E-state index is 8.44. The SMILES string of the molecule is Cc1ccccc1OCCN(C)CCCC#N. The Labute approximate surface area is 104 Å². The van der Waals surface area contributed by atoms with Gasteiger partial charge in [-0.25, -0.2) is 0 Å². The number of nitriles is 1. The first kappa shape index (κ1) is 13.5. The number of rotatable bonds is 7. The zero-order chi connectivity index (χ0) is 12.5. The number of para-hydroxylation sites is 1. The van der Waals surface area contributed by atoms with E-state index in [0.29, 0.717) is 13.0 Å². The van der Waals surface area contributed by atoms with E-state index in [9.17, 15) is 0 Å². The highest BCUT2D eigenvalue weighted by Gasteiger charge is 2.00. The molecule has 92 valence electrons. The molecule has 0 radical (unpaired) electrons. The highest BCUT2D eigenvalue weighted by atomic mass is 16.5. The third kappa shape index (κ3) is 5.37. The fourth-order valence-corrected chi connectivity index (χ4v) is 1.57. The van der Waals surface area contributed by atoms with E-state index in [4.69, 9.17) is 10.00 Å². The van der Waals surface area contributed by atoms with Gasteiger partial charge >= 0.3 is 0 Å². The number of ether oxygens (including phenoxy) is 1. The molecule has 17 heavy (non-hydrogen) atoms. The smallest absolute Gasteiger partial charge is 0.122 e. The second kappa shape index (κ2) is 7.70. The van der Waals surface area contributed by atoms with Gasteiger partial charge in [-0.2, -0.15) is 5.26 Å². The van der Waals surface area contributed by atoms with Crippen molar-refractivity contribution in [2.24, 2.45) is 0 Å². The van der Waals surface area contributed by atoms with Crippen LogP contribution >= 0.6 is 0 Å². The second-order valence-electron chi connectivity index (χ2n) is 4.18. The zero-order valence-electron chi connectivity index (χ0n) is 10.6. The highest BCUT2D eigenvalue weighted by molar-refractivity contribution is 5.31. The van der Waals surface area contributed by atoms with Gasteiger partial charge in [0.15, 0.2) is 0 Å². The van der Waals surface area contributed by atoms with Gasteiger partial charge in [-0.3, -0.25) is 0 Å². The summed E-state index contributed by atoms with van der Waals surface area (Å²) in [5, 5.41) is 8.44. The van der Waals surface area contributed by atoms with Gasteiger partial charge in [0.2, 0.25) is 0 Å². The Bertz CT molecular complexity index is 371. The van der Waals surface area contributed by atoms with E-state index in [1.807, 2.05) is 31.2 Å². The fourth-order valence-electron chi connectivity index (χ4n) is 1.57. The molecule has 0 unspecified atom stereocenters. The molecule has 0 amide bonds. The van der Waals surface area contributed by atoms with Crippen LogP contribution in [-0.2, 0) is 0 Å². The van der Waals surface area contributed by atoms with Crippen molar-refractivity contribution in [3.8, 4) is 11.8 Å². The molecule has 1 aromatic rings. The molecule has 0 N–H and O–H groups in total. The van der Waals surface area contributed by atoms with Crippen LogP contribution in [0.2, 0.25) is 0 Å². The molecule has 0 saturated heterocycles. The Kier molecular flexibility index (Phi) is 6.13. The first-order chi connectivity index (χ1) is 8.24. The average Bonchev–Trinajstić information content (AvgIpc) is 2.32. The van der Waals surface area contributed by atoms with E-state index in [1.165, 1.54) is 5.56 Å². The van der Waals surface area contributed by atoms with Gasteiger partial charge in [0.1, 0.15) is 12.4 Å². The van der Waals surface area contributed by atoms with Crippen molar-refractivity contribution < 1.29 is 4.74 Å². The van der Waals surface area contributed by atoms with Crippen LogP contribution in [-0.4, -0.2) is 31.6 Å². The van der Waals surface area contributed by atoms with E-state index in [2.05, 4.69) is 18.0 Å². The molecule has 3 heteroatoms. The zero-order valence-corrected chi connectivity index (χ0v) is 10.6. The summed E-state index contributed by atoms with van der Waals surface area (Å²) in [4.78, 5) is 2.19. The van der Waals surface area contributed by atoms with Crippen molar-refractivity contribution in [1.29, 1.82) is 5.26 Å². The maximum absolute atomic E-state index is 8.44. The summed E-state index contributed by atoms with van der Waals surface area (Å²) in [7, 11) is 2.05. The Hall–Kier alpha value is -1.53. The van der Waals surface area contributed by atoms with Crippen LogP contribution in [0, 0.1) is 18.3 Å². The normalized spacial score (nSPS) is 10.2. The molecule has 0 atom stereocenters. The summed E-state index contributed by atoms with van der Waals surface area (Å²) in [5.41, 5.74) is 1.17. The minimum Gasteiger partial charge on any atom is -0.492 e. The monoisotopic (exact) mass is 232 g/mol. The molecule has 0 aromatic heterocycles. The van der Waals surface area contributed by atoms with E-state index in [-0.39, 0.29) is 0 Å². The number of hydrogen-bond acceptors (Lipinski definition) is 3. The predicted molar refractivity (Wildman–Crippen MR) is 69.0 cm³/mol. The van der Waals surface area contributed by atoms with Crippen LogP contribution in [0.15, 0.2) is 24.3 Å². The van der Waals surface area contributed by atoms with Crippen molar-refractivity contribution in [2.75, 3.05) is 26.7 Å². The minimum absolute atomic E-state index is 0.628. The summed E-state index contributed by atoms with van der Waals surface area (Å²) < 4.78 is 5.71. The molecule has 0 aliphatic heterocycles. The van der Waals surface area contributed by atoms with Crippen molar-refractivity contribution in [2.45, 2.75) is 19.8 Å². The third-order valence-corrected chi connectivity index (χ3v) is 2.65. The molecule has 0 bridgehead atoms. The molecule has 1 aromatic carbocycles. The lowest BCUT2D eigenvalue weighted by molar-refractivity contribution is 0.235. The quantitative estimate of drug-likeness (QED) is 0.678. The summed E-state index contributed by atoms with van der Waals surface area (Å²) >= 11 is 0. The standard InChI is InChI=1S/C14H20N2O/c1-13-7-3-4-8-14(13)17-12-11-16(2)10-6-5-9-15/h3-4,7-8H,5-6,10-12H2,1-2H3. The Morgan fingerprint density at radius 1 is 1.29 bits per heavy atom. The minimum atomic E-state index is 0.628. The summed E-state index contributed by atoms with van der Waals surface area (Å²) in [6.45, 7) is 4.57. The Morgan fingerprint density at radius 3 is 2.76 bits per heavy atom. The first-order valence-electron chi connectivity index (χ1n) is 5.98. The second-order valence-corrected chi connectivity index (χ2v) is 4.18. The van der Waals surface area contributed by atoms with E-state index in [1.54, 1.807) is 0 Å². The summed E-state index contributed by atoms with van der Waals surface area (Å²) in [6.07, 6.45) is 1.56. The van der Waals surface area contributed by atoms with Crippen LogP contribution in [0.3, 0.4) is 0 Å². The van der Waals surface area contributed by atoms with Gasteiger partial charge < -0.3 is 9.64 Å². The topological polar surface area (TPSA) is 36.3 Å². The highest BCUT2D eigenvalue weighted by Crippen LogP contribution is 2.15. The summed E-state index contributed by atoms with van der Waals surface area (Å²) in [5.74, 6) is 0.956. The number of hydrogen-bond donors (Lipinski definition) is 0. The largest absolute Gasteiger partial charge is 0.492 e. The number of aryl methyl sites for hydroxylation is 1. The van der Waals surface area contributed by atoms with Gasteiger partial charge in [0.25, 0.3) is 0 Å². The molecule has 3 nitrogen and oxygen atoms in total. The van der Waals surface area contributed by atoms with Gasteiger partial charge in [0.05, 0.1) is 6.07 Å². The molecule has 0 fully saturated rings. The van der Waals surface area contributed by atoms with Crippen LogP contribution in [0.4, 0.5) is 0 Å². The number of benzene rings is 1. The first-order valence-corrected chi connectivity index (χ1v) is 5.98. The molecule has 0 heterocycles. The molecule has 0 saturated carbocycles. The Morgan fingerprint density at radius 2 is 2.06 bits per heavy atom. The van der Waals surface area contributed by atoms with Crippen molar-refractivity contribution in [3.05, 3.63) is 29.8 Å². The van der Waals surface area contributed by atoms with Gasteiger partial charge in [-0.1, -0.05) is 18.2 Å². The van der Waals surface area contributed by atoms with Gasteiger partial charge in [-0.15, -0.1) is 0 Å². The van der Waals surface area contributed by atoms with Crippen molar-refractivity contribution in [1.82, 2.24) is 4.90 Å². The molecule has 1 rings (SSSR count). The maximum Gasteiger partial charge on any atom is 0.122 e. The molecule has 0 aliphatic carbocycles. The average molecular weight is 232 g/mol. The van der Waals surface area contributed by atoms with Crippen molar-refractivity contribution in [3.63, 3.8) is 0 Å². The van der Waals surface area contributed by atoms with Crippen molar-refractivity contribution >= 4 is 0 Å². The third-order valence-electron chi connectivity index (χ3n) is 2.65. The number of nitrogens with zero attached hydrogens (tertiary/aromatic N) is 2. The molecular formula is C14H20N2O. The van der Waals surface area contributed by atoms with E-state index < -0.39 is 0 Å².